The number of hydrogen-bond acceptors (Lipinski definition) is 4. The van der Waals surface area contributed by atoms with Crippen molar-refractivity contribution in [2.45, 2.75) is 47.3 Å². The van der Waals surface area contributed by atoms with Crippen molar-refractivity contribution in [2.24, 2.45) is 16.1 Å². The first kappa shape index (κ1) is 24.2. The van der Waals surface area contributed by atoms with E-state index in [0.717, 1.165) is 29.5 Å². The third-order valence-corrected chi connectivity index (χ3v) is 5.04. The van der Waals surface area contributed by atoms with E-state index in [0.29, 0.717) is 31.3 Å². The standard InChI is InChI=1S/C25H35N5O/c1-6-30(19(2)3)24(28-18-25(4,5)17-27)29-22-11-13-23(14-12-22)31-16-21-9-7-20(15-26)8-10-21/h7-14,19H,6,16-18,27H2,1-5H3,(H,28,29). The van der Waals surface area contributed by atoms with Crippen LogP contribution in [0.1, 0.15) is 45.7 Å². The monoisotopic (exact) mass is 421 g/mol. The van der Waals surface area contributed by atoms with E-state index in [9.17, 15) is 0 Å². The number of nitriles is 1. The summed E-state index contributed by atoms with van der Waals surface area (Å²) in [5, 5.41) is 12.4. The smallest absolute Gasteiger partial charge is 0.198 e. The average Bonchev–Trinajstić information content (AvgIpc) is 2.77. The van der Waals surface area contributed by atoms with Gasteiger partial charge in [0, 0.05) is 24.8 Å². The molecule has 0 spiro atoms. The lowest BCUT2D eigenvalue weighted by Gasteiger charge is -2.30. The Morgan fingerprint density at radius 1 is 1.16 bits per heavy atom. The fraction of sp³-hybridized carbons (Fsp3) is 0.440. The number of anilines is 1. The minimum absolute atomic E-state index is 0.0491. The molecule has 0 amide bonds. The fourth-order valence-corrected chi connectivity index (χ4v) is 2.92. The number of hydrogen-bond donors (Lipinski definition) is 2. The van der Waals surface area contributed by atoms with Gasteiger partial charge < -0.3 is 20.7 Å². The normalized spacial score (nSPS) is 11.9. The number of ether oxygens (including phenoxy) is 1. The predicted octanol–water partition coefficient (Wildman–Crippen LogP) is 4.62. The minimum Gasteiger partial charge on any atom is -0.489 e. The Kier molecular flexibility index (Phi) is 8.89. The topological polar surface area (TPSA) is 86.7 Å². The second kappa shape index (κ2) is 11.4. The van der Waals surface area contributed by atoms with E-state index >= 15 is 0 Å². The molecule has 0 aliphatic rings. The Morgan fingerprint density at radius 3 is 2.32 bits per heavy atom. The predicted molar refractivity (Wildman–Crippen MR) is 128 cm³/mol. The van der Waals surface area contributed by atoms with Gasteiger partial charge in [-0.25, -0.2) is 0 Å². The quantitative estimate of drug-likeness (QED) is 0.456. The first-order chi connectivity index (χ1) is 14.8. The molecule has 0 saturated carbocycles. The van der Waals surface area contributed by atoms with Crippen LogP contribution < -0.4 is 15.8 Å². The Hall–Kier alpha value is -3.04. The zero-order valence-electron chi connectivity index (χ0n) is 19.4. The summed E-state index contributed by atoms with van der Waals surface area (Å²) in [6, 6.07) is 17.7. The zero-order chi connectivity index (χ0) is 22.9. The third-order valence-electron chi connectivity index (χ3n) is 5.04. The number of nitrogens with two attached hydrogens (primary N) is 1. The summed E-state index contributed by atoms with van der Waals surface area (Å²) in [5.74, 6) is 1.64. The largest absolute Gasteiger partial charge is 0.489 e. The van der Waals surface area contributed by atoms with E-state index in [1.165, 1.54) is 0 Å². The van der Waals surface area contributed by atoms with Gasteiger partial charge in [0.2, 0.25) is 0 Å². The van der Waals surface area contributed by atoms with Gasteiger partial charge in [0.1, 0.15) is 12.4 Å². The summed E-state index contributed by atoms with van der Waals surface area (Å²) in [6.07, 6.45) is 0. The van der Waals surface area contributed by atoms with E-state index in [4.69, 9.17) is 20.7 Å². The molecule has 0 unspecified atom stereocenters. The third kappa shape index (κ3) is 7.62. The molecule has 2 rings (SSSR count). The van der Waals surface area contributed by atoms with E-state index in [2.05, 4.69) is 50.9 Å². The van der Waals surface area contributed by atoms with Gasteiger partial charge in [-0.05, 0) is 74.7 Å². The molecular formula is C25H35N5O. The van der Waals surface area contributed by atoms with Crippen LogP contribution >= 0.6 is 0 Å². The summed E-state index contributed by atoms with van der Waals surface area (Å²) in [7, 11) is 0. The first-order valence-corrected chi connectivity index (χ1v) is 10.8. The molecule has 166 valence electrons. The lowest BCUT2D eigenvalue weighted by molar-refractivity contribution is 0.306. The molecule has 0 aliphatic carbocycles. The van der Waals surface area contributed by atoms with Gasteiger partial charge in [-0.15, -0.1) is 0 Å². The molecule has 0 aromatic heterocycles. The van der Waals surface area contributed by atoms with Gasteiger partial charge in [0.05, 0.1) is 11.6 Å². The van der Waals surface area contributed by atoms with Gasteiger partial charge >= 0.3 is 0 Å². The molecule has 6 nitrogen and oxygen atoms in total. The molecule has 2 aromatic rings. The van der Waals surface area contributed by atoms with Gasteiger partial charge in [0.25, 0.3) is 0 Å². The van der Waals surface area contributed by atoms with Crippen molar-refractivity contribution >= 4 is 11.6 Å². The van der Waals surface area contributed by atoms with Gasteiger partial charge in [-0.2, -0.15) is 5.26 Å². The maximum atomic E-state index is 8.89. The van der Waals surface area contributed by atoms with Crippen LogP contribution in [0.5, 0.6) is 5.75 Å². The Labute approximate surface area is 186 Å². The number of nitrogens with zero attached hydrogens (tertiary/aromatic N) is 3. The minimum atomic E-state index is -0.0491. The van der Waals surface area contributed by atoms with Gasteiger partial charge in [-0.1, -0.05) is 26.0 Å². The molecule has 0 heterocycles. The summed E-state index contributed by atoms with van der Waals surface area (Å²) in [4.78, 5) is 7.10. The number of guanidine groups is 1. The van der Waals surface area contributed by atoms with Crippen molar-refractivity contribution in [3.63, 3.8) is 0 Å². The fourth-order valence-electron chi connectivity index (χ4n) is 2.92. The number of nitrogens with one attached hydrogen (secondary N) is 1. The van der Waals surface area contributed by atoms with Crippen molar-refractivity contribution in [3.05, 3.63) is 59.7 Å². The van der Waals surface area contributed by atoms with Crippen molar-refractivity contribution in [1.82, 2.24) is 4.90 Å². The molecule has 0 fully saturated rings. The van der Waals surface area contributed by atoms with Crippen molar-refractivity contribution in [1.29, 1.82) is 5.26 Å². The summed E-state index contributed by atoms with van der Waals surface area (Å²) in [6.45, 7) is 13.3. The highest BCUT2D eigenvalue weighted by molar-refractivity contribution is 5.94. The highest BCUT2D eigenvalue weighted by Crippen LogP contribution is 2.19. The Bertz CT molecular complexity index is 880. The van der Waals surface area contributed by atoms with Gasteiger partial charge in [0.15, 0.2) is 5.96 Å². The van der Waals surface area contributed by atoms with Crippen LogP contribution in [0.4, 0.5) is 5.69 Å². The van der Waals surface area contributed by atoms with E-state index in [1.807, 2.05) is 36.4 Å². The lowest BCUT2D eigenvalue weighted by Crippen LogP contribution is -2.42. The Morgan fingerprint density at radius 2 is 1.81 bits per heavy atom. The van der Waals surface area contributed by atoms with Crippen molar-refractivity contribution < 1.29 is 4.74 Å². The number of aliphatic imine (C=N–C) groups is 1. The molecule has 0 radical (unpaired) electrons. The molecule has 0 bridgehead atoms. The SMILES string of the molecule is CCN(C(=NCC(C)(C)CN)Nc1ccc(OCc2ccc(C#N)cc2)cc1)C(C)C. The lowest BCUT2D eigenvalue weighted by atomic mass is 9.94. The molecule has 0 atom stereocenters. The summed E-state index contributed by atoms with van der Waals surface area (Å²) in [5.41, 5.74) is 8.46. The van der Waals surface area contributed by atoms with Crippen LogP contribution in [0.2, 0.25) is 0 Å². The van der Waals surface area contributed by atoms with Crippen LogP contribution in [-0.4, -0.2) is 36.5 Å². The first-order valence-electron chi connectivity index (χ1n) is 10.8. The van der Waals surface area contributed by atoms with Crippen molar-refractivity contribution in [2.75, 3.05) is 25.0 Å². The van der Waals surface area contributed by atoms with Crippen LogP contribution in [0, 0.1) is 16.7 Å². The van der Waals surface area contributed by atoms with Crippen LogP contribution in [0.15, 0.2) is 53.5 Å². The molecule has 0 aliphatic heterocycles. The van der Waals surface area contributed by atoms with E-state index < -0.39 is 0 Å². The summed E-state index contributed by atoms with van der Waals surface area (Å²) < 4.78 is 5.87. The highest BCUT2D eigenvalue weighted by atomic mass is 16.5. The molecule has 3 N–H and O–H groups in total. The highest BCUT2D eigenvalue weighted by Gasteiger charge is 2.18. The molecule has 6 heteroatoms. The van der Waals surface area contributed by atoms with E-state index in [-0.39, 0.29) is 5.41 Å². The molecule has 2 aromatic carbocycles. The second-order valence-electron chi connectivity index (χ2n) is 8.63. The number of benzene rings is 2. The summed E-state index contributed by atoms with van der Waals surface area (Å²) >= 11 is 0. The molecule has 31 heavy (non-hydrogen) atoms. The number of rotatable bonds is 9. The average molecular weight is 422 g/mol. The van der Waals surface area contributed by atoms with Crippen LogP contribution in [-0.2, 0) is 6.61 Å². The molecule has 0 saturated heterocycles. The second-order valence-corrected chi connectivity index (χ2v) is 8.63. The van der Waals surface area contributed by atoms with E-state index in [1.54, 1.807) is 12.1 Å². The van der Waals surface area contributed by atoms with Crippen LogP contribution in [0.3, 0.4) is 0 Å². The Balaban J connectivity index is 2.07. The van der Waals surface area contributed by atoms with Crippen molar-refractivity contribution in [3.8, 4) is 11.8 Å². The molecular weight excluding hydrogens is 386 g/mol. The maximum absolute atomic E-state index is 8.89. The van der Waals surface area contributed by atoms with Crippen LogP contribution in [0.25, 0.3) is 0 Å². The maximum Gasteiger partial charge on any atom is 0.198 e. The zero-order valence-corrected chi connectivity index (χ0v) is 19.4. The van der Waals surface area contributed by atoms with Gasteiger partial charge in [-0.3, -0.25) is 4.99 Å².